The topological polar surface area (TPSA) is 29.1 Å². The van der Waals surface area contributed by atoms with Crippen LogP contribution in [0.15, 0.2) is 15.9 Å². The Morgan fingerprint density at radius 2 is 2.38 bits per heavy atom. The Balaban J connectivity index is 2.45. The summed E-state index contributed by atoms with van der Waals surface area (Å²) in [6.45, 7) is 3.92. The van der Waals surface area contributed by atoms with Crippen molar-refractivity contribution in [3.63, 3.8) is 0 Å². The highest BCUT2D eigenvalue weighted by Gasteiger charge is 2.06. The van der Waals surface area contributed by atoms with E-state index in [9.17, 15) is 4.79 Å². The third-order valence-electron chi connectivity index (χ3n) is 1.41. The number of carbonyl (C=O) groups excluding carboxylic acids is 1. The Morgan fingerprint density at radius 3 is 2.85 bits per heavy atom. The molecule has 1 rings (SSSR count). The average molecular weight is 262 g/mol. The molecule has 0 saturated heterocycles. The van der Waals surface area contributed by atoms with Gasteiger partial charge in [0.1, 0.15) is 0 Å². The monoisotopic (exact) mass is 261 g/mol. The Kier molecular flexibility index (Phi) is 3.93. The normalized spacial score (nSPS) is 10.5. The largest absolute Gasteiger partial charge is 0.354 e. The molecule has 0 aliphatic carbocycles. The molecule has 1 aromatic heterocycles. The minimum absolute atomic E-state index is 0.0874. The Labute approximate surface area is 90.5 Å². The van der Waals surface area contributed by atoms with Gasteiger partial charge in [-0.25, -0.2) is 0 Å². The highest BCUT2D eigenvalue weighted by atomic mass is 79.9. The number of amides is 1. The van der Waals surface area contributed by atoms with Gasteiger partial charge in [0.05, 0.1) is 6.42 Å². The molecule has 0 fully saturated rings. The van der Waals surface area contributed by atoms with Crippen LogP contribution >= 0.6 is 27.3 Å². The van der Waals surface area contributed by atoms with E-state index in [1.54, 1.807) is 11.3 Å². The van der Waals surface area contributed by atoms with Crippen molar-refractivity contribution >= 4 is 33.2 Å². The molecule has 72 valence electrons. The fourth-order valence-electron chi connectivity index (χ4n) is 0.978. The summed E-state index contributed by atoms with van der Waals surface area (Å²) in [5, 5.41) is 4.84. The molecule has 2 nitrogen and oxygen atoms in total. The minimum atomic E-state index is 0.0874. The van der Waals surface area contributed by atoms with E-state index in [1.165, 1.54) is 0 Å². The molecular weight excluding hydrogens is 250 g/mol. The first-order valence-corrected chi connectivity index (χ1v) is 5.77. The Hall–Kier alpha value is -0.350. The molecule has 0 saturated carbocycles. The zero-order chi connectivity index (χ0) is 9.84. The summed E-state index contributed by atoms with van der Waals surface area (Å²) in [4.78, 5) is 12.4. The Morgan fingerprint density at radius 1 is 1.69 bits per heavy atom. The minimum Gasteiger partial charge on any atom is -0.354 e. The van der Waals surface area contributed by atoms with Crippen molar-refractivity contribution in [2.75, 3.05) is 0 Å². The van der Waals surface area contributed by atoms with Gasteiger partial charge in [-0.1, -0.05) is 0 Å². The van der Waals surface area contributed by atoms with Crippen LogP contribution < -0.4 is 5.32 Å². The van der Waals surface area contributed by atoms with Gasteiger partial charge in [-0.3, -0.25) is 4.79 Å². The zero-order valence-electron chi connectivity index (χ0n) is 7.63. The van der Waals surface area contributed by atoms with Crippen LogP contribution in [0.4, 0.5) is 0 Å². The van der Waals surface area contributed by atoms with Crippen LogP contribution in [0.5, 0.6) is 0 Å². The van der Waals surface area contributed by atoms with Crippen LogP contribution in [0.1, 0.15) is 18.7 Å². The fourth-order valence-corrected chi connectivity index (χ4v) is 2.43. The lowest BCUT2D eigenvalue weighted by molar-refractivity contribution is -0.120. The summed E-state index contributed by atoms with van der Waals surface area (Å²) in [5.41, 5.74) is 0. The van der Waals surface area contributed by atoms with Gasteiger partial charge in [0.15, 0.2) is 0 Å². The van der Waals surface area contributed by atoms with Crippen molar-refractivity contribution in [3.8, 4) is 0 Å². The molecule has 1 aromatic rings. The SMILES string of the molecule is CC(C)NC(=O)Cc1cc(Br)cs1. The first-order chi connectivity index (χ1) is 6.08. The summed E-state index contributed by atoms with van der Waals surface area (Å²) in [5.74, 6) is 0.0874. The molecule has 0 bridgehead atoms. The second kappa shape index (κ2) is 4.77. The van der Waals surface area contributed by atoms with Crippen molar-refractivity contribution in [3.05, 3.63) is 20.8 Å². The fraction of sp³-hybridized carbons (Fsp3) is 0.444. The number of rotatable bonds is 3. The number of thiophene rings is 1. The van der Waals surface area contributed by atoms with Gasteiger partial charge in [0, 0.05) is 20.8 Å². The average Bonchev–Trinajstić information content (AvgIpc) is 2.33. The molecular formula is C9H12BrNOS. The molecule has 0 aliphatic heterocycles. The standard InChI is InChI=1S/C9H12BrNOS/c1-6(2)11-9(12)4-8-3-7(10)5-13-8/h3,5-6H,4H2,1-2H3,(H,11,12). The molecule has 4 heteroatoms. The van der Waals surface area contributed by atoms with Crippen molar-refractivity contribution in [2.24, 2.45) is 0 Å². The van der Waals surface area contributed by atoms with Gasteiger partial charge in [-0.2, -0.15) is 0 Å². The summed E-state index contributed by atoms with van der Waals surface area (Å²) in [7, 11) is 0. The lowest BCUT2D eigenvalue weighted by Crippen LogP contribution is -2.31. The third kappa shape index (κ3) is 3.91. The van der Waals surface area contributed by atoms with Gasteiger partial charge in [0.25, 0.3) is 0 Å². The van der Waals surface area contributed by atoms with E-state index in [-0.39, 0.29) is 11.9 Å². The van der Waals surface area contributed by atoms with Gasteiger partial charge in [-0.15, -0.1) is 11.3 Å². The molecule has 0 radical (unpaired) electrons. The van der Waals surface area contributed by atoms with Crippen LogP contribution in [0.2, 0.25) is 0 Å². The summed E-state index contributed by atoms with van der Waals surface area (Å²) < 4.78 is 1.05. The molecule has 13 heavy (non-hydrogen) atoms. The molecule has 0 aliphatic rings. The zero-order valence-corrected chi connectivity index (χ0v) is 10.0. The maximum atomic E-state index is 11.3. The van der Waals surface area contributed by atoms with E-state index in [2.05, 4.69) is 21.2 Å². The van der Waals surface area contributed by atoms with Crippen molar-refractivity contribution < 1.29 is 4.79 Å². The van der Waals surface area contributed by atoms with Gasteiger partial charge < -0.3 is 5.32 Å². The lowest BCUT2D eigenvalue weighted by Gasteiger charge is -2.06. The number of carbonyl (C=O) groups is 1. The molecule has 0 unspecified atom stereocenters. The van der Waals surface area contributed by atoms with Gasteiger partial charge in [0.2, 0.25) is 5.91 Å². The quantitative estimate of drug-likeness (QED) is 0.891. The van der Waals surface area contributed by atoms with Crippen molar-refractivity contribution in [1.82, 2.24) is 5.32 Å². The maximum absolute atomic E-state index is 11.3. The summed E-state index contributed by atoms with van der Waals surface area (Å²) in [6.07, 6.45) is 0.481. The van der Waals surface area contributed by atoms with E-state index in [0.717, 1.165) is 9.35 Å². The number of hydrogen-bond acceptors (Lipinski definition) is 2. The van der Waals surface area contributed by atoms with Crippen molar-refractivity contribution in [1.29, 1.82) is 0 Å². The van der Waals surface area contributed by atoms with Gasteiger partial charge in [-0.05, 0) is 35.8 Å². The predicted octanol–water partition coefficient (Wildman–Crippen LogP) is 2.58. The molecule has 0 aromatic carbocycles. The van der Waals surface area contributed by atoms with Crippen LogP contribution in [0, 0.1) is 0 Å². The molecule has 1 heterocycles. The van der Waals surface area contributed by atoms with Crippen LogP contribution in [0.3, 0.4) is 0 Å². The van der Waals surface area contributed by atoms with E-state index < -0.39 is 0 Å². The van der Waals surface area contributed by atoms with Crippen molar-refractivity contribution in [2.45, 2.75) is 26.3 Å². The van der Waals surface area contributed by atoms with E-state index >= 15 is 0 Å². The van der Waals surface area contributed by atoms with Gasteiger partial charge >= 0.3 is 0 Å². The third-order valence-corrected chi connectivity index (χ3v) is 3.10. The van der Waals surface area contributed by atoms with Crippen LogP contribution in [-0.4, -0.2) is 11.9 Å². The molecule has 0 spiro atoms. The molecule has 1 N–H and O–H groups in total. The summed E-state index contributed by atoms with van der Waals surface area (Å²) >= 11 is 4.95. The second-order valence-corrected chi connectivity index (χ2v) is 5.04. The predicted molar refractivity (Wildman–Crippen MR) is 59.0 cm³/mol. The van der Waals surface area contributed by atoms with E-state index in [0.29, 0.717) is 6.42 Å². The molecule has 0 atom stereocenters. The smallest absolute Gasteiger partial charge is 0.225 e. The van der Waals surface area contributed by atoms with Crippen LogP contribution in [-0.2, 0) is 11.2 Å². The number of nitrogens with one attached hydrogen (secondary N) is 1. The number of hydrogen-bond donors (Lipinski definition) is 1. The highest BCUT2D eigenvalue weighted by Crippen LogP contribution is 2.19. The first kappa shape index (κ1) is 10.7. The maximum Gasteiger partial charge on any atom is 0.225 e. The molecule has 1 amide bonds. The van der Waals surface area contributed by atoms with E-state index in [1.807, 2.05) is 25.3 Å². The van der Waals surface area contributed by atoms with E-state index in [4.69, 9.17) is 0 Å². The Bertz CT molecular complexity index is 296. The second-order valence-electron chi connectivity index (χ2n) is 3.13. The first-order valence-electron chi connectivity index (χ1n) is 4.10. The highest BCUT2D eigenvalue weighted by molar-refractivity contribution is 9.10. The number of halogens is 1. The van der Waals surface area contributed by atoms with Crippen LogP contribution in [0.25, 0.3) is 0 Å². The lowest BCUT2D eigenvalue weighted by atomic mass is 10.3. The summed E-state index contributed by atoms with van der Waals surface area (Å²) in [6, 6.07) is 2.20.